The average Bonchev–Trinajstić information content (AvgIpc) is 3.00. The maximum atomic E-state index is 13.5. The Balaban J connectivity index is 2.72. The van der Waals surface area contributed by atoms with Gasteiger partial charge in [-0.15, -0.1) is 0 Å². The Bertz CT molecular complexity index is 1210. The van der Waals surface area contributed by atoms with Gasteiger partial charge in [-0.2, -0.15) is 13.2 Å². The number of hydrogen-bond acceptors (Lipinski definition) is 7. The maximum Gasteiger partial charge on any atom is 0.471 e. The molecule has 0 radical (unpaired) electrons. The second-order valence-electron chi connectivity index (χ2n) is 10.00. The predicted octanol–water partition coefficient (Wildman–Crippen LogP) is 5.49. The van der Waals surface area contributed by atoms with Crippen molar-refractivity contribution in [3.8, 4) is 0 Å². The largest absolute Gasteiger partial charge is 0.471 e. The highest BCUT2D eigenvalue weighted by Crippen LogP contribution is 2.34. The molecule has 0 aliphatic carbocycles. The Morgan fingerprint density at radius 1 is 0.973 bits per heavy atom. The van der Waals surface area contributed by atoms with Crippen LogP contribution in [0.4, 0.5) is 22.8 Å². The molecule has 0 spiro atoms. The standard InChI is InChI=1S/C24H28ClF3N2O7/c1-22(2,3)36-20(33)29-15-11-9-8-10-13(15)14(17(29)25)12-16(18(31)35-7)30(19(32)24(26,27)28)21(34)37-23(4,5)6/h8-11,16H,12H2,1-7H3/t16-/m1/s1. The first-order valence-electron chi connectivity index (χ1n) is 11.0. The summed E-state index contributed by atoms with van der Waals surface area (Å²) in [4.78, 5) is 50.4. The summed E-state index contributed by atoms with van der Waals surface area (Å²) in [5, 5.41) is -0.0104. The van der Waals surface area contributed by atoms with Crippen molar-refractivity contribution in [3.63, 3.8) is 0 Å². The second-order valence-corrected chi connectivity index (χ2v) is 10.4. The first-order chi connectivity index (χ1) is 16.8. The van der Waals surface area contributed by atoms with Crippen molar-refractivity contribution >= 4 is 46.6 Å². The molecule has 0 fully saturated rings. The minimum atomic E-state index is -5.53. The van der Waals surface area contributed by atoms with Crippen LogP contribution in [0.25, 0.3) is 10.9 Å². The van der Waals surface area contributed by atoms with Crippen LogP contribution in [0.3, 0.4) is 0 Å². The third-order valence-electron chi connectivity index (χ3n) is 4.73. The normalized spacial score (nSPS) is 13.2. The van der Waals surface area contributed by atoms with Crippen LogP contribution < -0.4 is 0 Å². The van der Waals surface area contributed by atoms with Gasteiger partial charge in [0.15, 0.2) is 0 Å². The highest BCUT2D eigenvalue weighted by atomic mass is 35.5. The number of imide groups is 1. The fourth-order valence-corrected chi connectivity index (χ4v) is 3.70. The summed E-state index contributed by atoms with van der Waals surface area (Å²) >= 11 is 6.50. The summed E-state index contributed by atoms with van der Waals surface area (Å²) in [6.45, 7) is 9.00. The van der Waals surface area contributed by atoms with Gasteiger partial charge in [-0.25, -0.2) is 23.9 Å². The minimum absolute atomic E-state index is 0.00191. The van der Waals surface area contributed by atoms with E-state index in [0.29, 0.717) is 0 Å². The van der Waals surface area contributed by atoms with Crippen LogP contribution in [0.5, 0.6) is 0 Å². The van der Waals surface area contributed by atoms with Crippen molar-refractivity contribution in [1.29, 1.82) is 0 Å². The van der Waals surface area contributed by atoms with Crippen molar-refractivity contribution in [2.45, 2.75) is 71.4 Å². The van der Waals surface area contributed by atoms with Crippen molar-refractivity contribution in [2.75, 3.05) is 7.11 Å². The van der Waals surface area contributed by atoms with E-state index in [9.17, 15) is 32.3 Å². The van der Waals surface area contributed by atoms with Gasteiger partial charge in [0.1, 0.15) is 22.4 Å². The van der Waals surface area contributed by atoms with Crippen molar-refractivity contribution in [1.82, 2.24) is 9.47 Å². The summed E-state index contributed by atoms with van der Waals surface area (Å²) < 4.78 is 56.5. The Labute approximate surface area is 216 Å². The second kappa shape index (κ2) is 10.6. The van der Waals surface area contributed by atoms with Gasteiger partial charge in [-0.1, -0.05) is 29.8 Å². The Hall–Kier alpha value is -3.28. The molecule has 13 heteroatoms. The molecule has 2 rings (SSSR count). The molecule has 0 saturated carbocycles. The summed E-state index contributed by atoms with van der Waals surface area (Å²) in [7, 11) is 0.881. The van der Waals surface area contributed by atoms with E-state index in [4.69, 9.17) is 21.1 Å². The molecule has 204 valence electrons. The number of alkyl halides is 3. The van der Waals surface area contributed by atoms with Crippen molar-refractivity contribution < 1.29 is 46.6 Å². The molecule has 0 bridgehead atoms. The van der Waals surface area contributed by atoms with Crippen molar-refractivity contribution in [2.24, 2.45) is 0 Å². The Morgan fingerprint density at radius 3 is 2.00 bits per heavy atom. The topological polar surface area (TPSA) is 104 Å². The molecule has 2 aromatic rings. The maximum absolute atomic E-state index is 13.5. The summed E-state index contributed by atoms with van der Waals surface area (Å²) in [6.07, 6.45) is -8.84. The van der Waals surface area contributed by atoms with Gasteiger partial charge in [0.25, 0.3) is 0 Å². The van der Waals surface area contributed by atoms with Gasteiger partial charge in [-0.05, 0) is 47.6 Å². The number of benzene rings is 1. The van der Waals surface area contributed by atoms with E-state index in [1.165, 1.54) is 32.9 Å². The molecule has 1 aromatic heterocycles. The first kappa shape index (κ1) is 29.9. The number of carbonyl (C=O) groups is 4. The number of amides is 2. The fraction of sp³-hybridized carbons (Fsp3) is 0.500. The fourth-order valence-electron chi connectivity index (χ4n) is 3.36. The van der Waals surface area contributed by atoms with Crippen LogP contribution >= 0.6 is 11.6 Å². The lowest BCUT2D eigenvalue weighted by molar-refractivity contribution is -0.188. The van der Waals surface area contributed by atoms with Crippen LogP contribution in [0.1, 0.15) is 47.1 Å². The molecule has 1 atom stereocenters. The predicted molar refractivity (Wildman–Crippen MR) is 127 cm³/mol. The zero-order valence-corrected chi connectivity index (χ0v) is 22.1. The molecular weight excluding hydrogens is 521 g/mol. The van der Waals surface area contributed by atoms with Gasteiger partial charge < -0.3 is 14.2 Å². The smallest absolute Gasteiger partial charge is 0.467 e. The molecule has 2 amide bonds. The van der Waals surface area contributed by atoms with Crippen LogP contribution in [0.2, 0.25) is 5.15 Å². The molecule has 1 heterocycles. The van der Waals surface area contributed by atoms with E-state index in [0.717, 1.165) is 11.7 Å². The number of esters is 1. The third-order valence-corrected chi connectivity index (χ3v) is 5.12. The number of rotatable bonds is 4. The highest BCUT2D eigenvalue weighted by Gasteiger charge is 2.51. The van der Waals surface area contributed by atoms with Gasteiger partial charge in [0.05, 0.1) is 12.6 Å². The number of ether oxygens (including phenoxy) is 3. The number of aromatic nitrogens is 1. The number of carbonyl (C=O) groups excluding carboxylic acids is 4. The third kappa shape index (κ3) is 7.15. The van der Waals surface area contributed by atoms with E-state index in [2.05, 4.69) is 4.74 Å². The summed E-state index contributed by atoms with van der Waals surface area (Å²) in [6, 6.07) is 4.04. The van der Waals surface area contributed by atoms with Gasteiger partial charge >= 0.3 is 30.2 Å². The molecular formula is C24H28ClF3N2O7. The number of halogens is 4. The minimum Gasteiger partial charge on any atom is -0.467 e. The average molecular weight is 549 g/mol. The lowest BCUT2D eigenvalue weighted by Gasteiger charge is -2.31. The molecule has 0 unspecified atom stereocenters. The van der Waals surface area contributed by atoms with E-state index >= 15 is 0 Å². The van der Waals surface area contributed by atoms with Gasteiger partial charge in [-0.3, -0.25) is 4.79 Å². The van der Waals surface area contributed by atoms with Gasteiger partial charge in [0.2, 0.25) is 0 Å². The van der Waals surface area contributed by atoms with E-state index in [1.54, 1.807) is 32.9 Å². The number of methoxy groups -OCH3 is 1. The number of fused-ring (bicyclic) bond motifs is 1. The molecule has 0 aliphatic heterocycles. The molecule has 1 aromatic carbocycles. The summed E-state index contributed by atoms with van der Waals surface area (Å²) in [5.74, 6) is -3.97. The number of para-hydroxylation sites is 1. The van der Waals surface area contributed by atoms with Crippen LogP contribution in [0.15, 0.2) is 24.3 Å². The van der Waals surface area contributed by atoms with E-state index < -0.39 is 53.9 Å². The zero-order valence-electron chi connectivity index (χ0n) is 21.4. The zero-order chi connectivity index (χ0) is 28.5. The van der Waals surface area contributed by atoms with Crippen LogP contribution in [-0.2, 0) is 30.2 Å². The van der Waals surface area contributed by atoms with Crippen LogP contribution in [0, 0.1) is 0 Å². The van der Waals surface area contributed by atoms with E-state index in [-0.39, 0.29) is 26.5 Å². The molecule has 0 N–H and O–H groups in total. The molecule has 9 nitrogen and oxygen atoms in total. The SMILES string of the molecule is COC(=O)[C@@H](Cc1c(Cl)n(C(=O)OC(C)(C)C)c2ccccc12)N(C(=O)OC(C)(C)C)C(=O)C(F)(F)F. The lowest BCUT2D eigenvalue weighted by Crippen LogP contribution is -2.55. The quantitative estimate of drug-likeness (QED) is 0.367. The van der Waals surface area contributed by atoms with Crippen LogP contribution in [-0.4, -0.2) is 64.1 Å². The number of nitrogens with zero attached hydrogens (tertiary/aromatic N) is 2. The monoisotopic (exact) mass is 548 g/mol. The summed E-state index contributed by atoms with van der Waals surface area (Å²) in [5.41, 5.74) is -1.98. The lowest BCUT2D eigenvalue weighted by atomic mass is 10.0. The van der Waals surface area contributed by atoms with Gasteiger partial charge in [0, 0.05) is 17.4 Å². The molecule has 37 heavy (non-hydrogen) atoms. The Morgan fingerprint density at radius 2 is 1.51 bits per heavy atom. The first-order valence-corrected chi connectivity index (χ1v) is 11.4. The highest BCUT2D eigenvalue weighted by molar-refractivity contribution is 6.33. The van der Waals surface area contributed by atoms with Crippen molar-refractivity contribution in [3.05, 3.63) is 35.0 Å². The molecule has 0 aliphatic rings. The molecule has 0 saturated heterocycles. The van der Waals surface area contributed by atoms with E-state index in [1.807, 2.05) is 0 Å². The Kier molecular flexibility index (Phi) is 8.58. The number of hydrogen-bond donors (Lipinski definition) is 0.